The Labute approximate surface area is 116 Å². The summed E-state index contributed by atoms with van der Waals surface area (Å²) in [6, 6.07) is 11.2. The van der Waals surface area contributed by atoms with Crippen LogP contribution in [0.2, 0.25) is 0 Å². The maximum Gasteiger partial charge on any atom is 0.255 e. The Balaban J connectivity index is 2.24. The molecule has 0 saturated carbocycles. The third kappa shape index (κ3) is 3.20. The van der Waals surface area contributed by atoms with Gasteiger partial charge in [-0.15, -0.1) is 0 Å². The number of rotatable bonds is 4. The molecule has 2 aromatic carbocycles. The number of phenols is 1. The van der Waals surface area contributed by atoms with Gasteiger partial charge in [0.05, 0.1) is 14.2 Å². The van der Waals surface area contributed by atoms with Crippen LogP contribution in [0.5, 0.6) is 17.2 Å². The molecule has 0 unspecified atom stereocenters. The highest BCUT2D eigenvalue weighted by Gasteiger charge is 2.10. The largest absolute Gasteiger partial charge is 0.508 e. The number of phenolic OH excluding ortho intramolecular Hbond substituents is 1. The van der Waals surface area contributed by atoms with Crippen LogP contribution in [0, 0.1) is 0 Å². The van der Waals surface area contributed by atoms with Crippen LogP contribution in [0.15, 0.2) is 42.5 Å². The van der Waals surface area contributed by atoms with Crippen molar-refractivity contribution in [3.8, 4) is 17.2 Å². The molecule has 0 radical (unpaired) electrons. The van der Waals surface area contributed by atoms with Crippen molar-refractivity contribution in [2.75, 3.05) is 19.5 Å². The molecule has 0 aromatic heterocycles. The van der Waals surface area contributed by atoms with Crippen molar-refractivity contribution >= 4 is 11.6 Å². The van der Waals surface area contributed by atoms with E-state index in [0.29, 0.717) is 22.7 Å². The van der Waals surface area contributed by atoms with Gasteiger partial charge in [0.25, 0.3) is 5.91 Å². The summed E-state index contributed by atoms with van der Waals surface area (Å²) in [6.45, 7) is 0. The second-order valence-electron chi connectivity index (χ2n) is 4.11. The molecule has 2 aromatic rings. The smallest absolute Gasteiger partial charge is 0.255 e. The topological polar surface area (TPSA) is 67.8 Å². The number of ether oxygens (including phenoxy) is 2. The van der Waals surface area contributed by atoms with Crippen molar-refractivity contribution in [1.29, 1.82) is 0 Å². The first-order chi connectivity index (χ1) is 9.62. The van der Waals surface area contributed by atoms with Crippen LogP contribution in [-0.2, 0) is 0 Å². The van der Waals surface area contributed by atoms with Crippen LogP contribution < -0.4 is 14.8 Å². The lowest BCUT2D eigenvalue weighted by molar-refractivity contribution is 0.102. The van der Waals surface area contributed by atoms with Gasteiger partial charge >= 0.3 is 0 Å². The molecular formula is C15H15NO4. The average Bonchev–Trinajstić information content (AvgIpc) is 2.46. The van der Waals surface area contributed by atoms with E-state index in [-0.39, 0.29) is 11.7 Å². The normalized spacial score (nSPS) is 9.90. The van der Waals surface area contributed by atoms with Crippen LogP contribution in [0.1, 0.15) is 10.4 Å². The van der Waals surface area contributed by atoms with Crippen molar-refractivity contribution in [2.24, 2.45) is 0 Å². The summed E-state index contributed by atoms with van der Waals surface area (Å²) in [4.78, 5) is 12.2. The quantitative estimate of drug-likeness (QED) is 0.898. The number of anilines is 1. The molecule has 0 aliphatic heterocycles. The fraction of sp³-hybridized carbons (Fsp3) is 0.133. The SMILES string of the molecule is COc1cc(OC)cc(C(=O)Nc2cccc(O)c2)c1. The molecule has 0 bridgehead atoms. The molecule has 2 rings (SSSR count). The van der Waals surface area contributed by atoms with E-state index in [0.717, 1.165) is 0 Å². The minimum absolute atomic E-state index is 0.0889. The zero-order chi connectivity index (χ0) is 14.5. The molecule has 0 spiro atoms. The highest BCUT2D eigenvalue weighted by molar-refractivity contribution is 6.04. The Bertz CT molecular complexity index is 603. The molecule has 0 atom stereocenters. The van der Waals surface area contributed by atoms with E-state index in [1.165, 1.54) is 26.4 Å². The lowest BCUT2D eigenvalue weighted by Gasteiger charge is -2.09. The molecule has 5 heteroatoms. The summed E-state index contributed by atoms with van der Waals surface area (Å²) in [5.41, 5.74) is 0.918. The van der Waals surface area contributed by atoms with Gasteiger partial charge in [0.15, 0.2) is 0 Å². The number of carbonyl (C=O) groups excluding carboxylic acids is 1. The van der Waals surface area contributed by atoms with Crippen LogP contribution in [0.25, 0.3) is 0 Å². The standard InChI is InChI=1S/C15H15NO4/c1-19-13-6-10(7-14(9-13)20-2)15(18)16-11-4-3-5-12(17)8-11/h3-9,17H,1-2H3,(H,16,18). The lowest BCUT2D eigenvalue weighted by Crippen LogP contribution is -2.12. The van der Waals surface area contributed by atoms with Crippen LogP contribution in [0.3, 0.4) is 0 Å². The van der Waals surface area contributed by atoms with Gasteiger partial charge in [-0.05, 0) is 24.3 Å². The monoisotopic (exact) mass is 273 g/mol. The number of hydrogen-bond donors (Lipinski definition) is 2. The van der Waals surface area contributed by atoms with Gasteiger partial charge in [-0.2, -0.15) is 0 Å². The summed E-state index contributed by atoms with van der Waals surface area (Å²) in [5, 5.41) is 12.1. The van der Waals surface area contributed by atoms with E-state index in [1.54, 1.807) is 30.3 Å². The Kier molecular flexibility index (Phi) is 4.10. The van der Waals surface area contributed by atoms with Crippen molar-refractivity contribution in [2.45, 2.75) is 0 Å². The van der Waals surface area contributed by atoms with Crippen LogP contribution in [0.4, 0.5) is 5.69 Å². The molecule has 1 amide bonds. The molecule has 0 fully saturated rings. The number of benzene rings is 2. The van der Waals surface area contributed by atoms with E-state index in [1.807, 2.05) is 0 Å². The first kappa shape index (κ1) is 13.7. The van der Waals surface area contributed by atoms with E-state index < -0.39 is 0 Å². The second-order valence-corrected chi connectivity index (χ2v) is 4.11. The Morgan fingerprint density at radius 3 is 2.25 bits per heavy atom. The predicted octanol–water partition coefficient (Wildman–Crippen LogP) is 2.66. The number of nitrogens with one attached hydrogen (secondary N) is 1. The van der Waals surface area contributed by atoms with E-state index in [4.69, 9.17) is 9.47 Å². The Morgan fingerprint density at radius 2 is 1.70 bits per heavy atom. The summed E-state index contributed by atoms with van der Waals surface area (Å²) in [7, 11) is 3.04. The van der Waals surface area contributed by atoms with E-state index in [9.17, 15) is 9.90 Å². The molecule has 104 valence electrons. The number of methoxy groups -OCH3 is 2. The van der Waals surface area contributed by atoms with Gasteiger partial charge in [0.2, 0.25) is 0 Å². The minimum atomic E-state index is -0.312. The molecule has 0 aliphatic rings. The summed E-state index contributed by atoms with van der Waals surface area (Å²) in [5.74, 6) is 0.842. The van der Waals surface area contributed by atoms with E-state index >= 15 is 0 Å². The number of carbonyl (C=O) groups is 1. The zero-order valence-corrected chi connectivity index (χ0v) is 11.2. The summed E-state index contributed by atoms with van der Waals surface area (Å²) >= 11 is 0. The minimum Gasteiger partial charge on any atom is -0.508 e. The van der Waals surface area contributed by atoms with Gasteiger partial charge in [0.1, 0.15) is 17.2 Å². The first-order valence-corrected chi connectivity index (χ1v) is 5.96. The maximum absolute atomic E-state index is 12.2. The van der Waals surface area contributed by atoms with Crippen molar-refractivity contribution in [3.05, 3.63) is 48.0 Å². The molecule has 0 heterocycles. The summed E-state index contributed by atoms with van der Waals surface area (Å²) in [6.07, 6.45) is 0. The van der Waals surface area contributed by atoms with Crippen molar-refractivity contribution < 1.29 is 19.4 Å². The zero-order valence-electron chi connectivity index (χ0n) is 11.2. The molecular weight excluding hydrogens is 258 g/mol. The first-order valence-electron chi connectivity index (χ1n) is 5.96. The molecule has 0 aliphatic carbocycles. The third-order valence-electron chi connectivity index (χ3n) is 2.72. The van der Waals surface area contributed by atoms with Crippen LogP contribution >= 0.6 is 0 Å². The van der Waals surface area contributed by atoms with Gasteiger partial charge in [-0.1, -0.05) is 6.07 Å². The van der Waals surface area contributed by atoms with Crippen LogP contribution in [-0.4, -0.2) is 25.2 Å². The molecule has 5 nitrogen and oxygen atoms in total. The van der Waals surface area contributed by atoms with Crippen molar-refractivity contribution in [1.82, 2.24) is 0 Å². The molecule has 2 N–H and O–H groups in total. The highest BCUT2D eigenvalue weighted by atomic mass is 16.5. The molecule has 20 heavy (non-hydrogen) atoms. The fourth-order valence-corrected chi connectivity index (χ4v) is 1.73. The summed E-state index contributed by atoms with van der Waals surface area (Å²) < 4.78 is 10.2. The number of aromatic hydroxyl groups is 1. The Morgan fingerprint density at radius 1 is 1.05 bits per heavy atom. The van der Waals surface area contributed by atoms with Gasteiger partial charge in [0, 0.05) is 23.4 Å². The van der Waals surface area contributed by atoms with Gasteiger partial charge in [-0.3, -0.25) is 4.79 Å². The highest BCUT2D eigenvalue weighted by Crippen LogP contribution is 2.23. The molecule has 0 saturated heterocycles. The number of hydrogen-bond acceptors (Lipinski definition) is 4. The van der Waals surface area contributed by atoms with Gasteiger partial charge < -0.3 is 19.9 Å². The maximum atomic E-state index is 12.2. The van der Waals surface area contributed by atoms with E-state index in [2.05, 4.69) is 5.32 Å². The fourth-order valence-electron chi connectivity index (χ4n) is 1.73. The Hall–Kier alpha value is -2.69. The lowest BCUT2D eigenvalue weighted by atomic mass is 10.1. The third-order valence-corrected chi connectivity index (χ3v) is 2.72. The predicted molar refractivity (Wildman–Crippen MR) is 75.6 cm³/mol. The van der Waals surface area contributed by atoms with Gasteiger partial charge in [-0.25, -0.2) is 0 Å². The second kappa shape index (κ2) is 5.97. The number of amides is 1. The van der Waals surface area contributed by atoms with Crippen molar-refractivity contribution in [3.63, 3.8) is 0 Å². The average molecular weight is 273 g/mol.